The minimum absolute atomic E-state index is 0.0955. The number of benzene rings is 3. The van der Waals surface area contributed by atoms with Gasteiger partial charge in [-0.1, -0.05) is 18.2 Å². The van der Waals surface area contributed by atoms with Crippen LogP contribution in [0, 0.1) is 13.8 Å². The molecule has 0 aliphatic rings. The third-order valence-electron chi connectivity index (χ3n) is 4.72. The third kappa shape index (κ3) is 6.01. The number of sulfonamides is 1. The van der Waals surface area contributed by atoms with Crippen molar-refractivity contribution in [1.82, 2.24) is 0 Å². The molecule has 0 aliphatic heterocycles. The Labute approximate surface area is 188 Å². The number of rotatable bonds is 9. The van der Waals surface area contributed by atoms with Gasteiger partial charge in [-0.2, -0.15) is 0 Å². The zero-order chi connectivity index (χ0) is 23.1. The van der Waals surface area contributed by atoms with Crippen LogP contribution in [-0.4, -0.2) is 27.5 Å². The Hall–Kier alpha value is -3.52. The molecule has 1 amide bonds. The van der Waals surface area contributed by atoms with Crippen LogP contribution in [0.15, 0.2) is 71.6 Å². The molecule has 0 bridgehead atoms. The highest BCUT2D eigenvalue weighted by Gasteiger charge is 2.15. The van der Waals surface area contributed by atoms with Gasteiger partial charge in [-0.25, -0.2) is 8.42 Å². The lowest BCUT2D eigenvalue weighted by molar-refractivity contribution is -0.118. The molecule has 0 aromatic heterocycles. The number of ether oxygens (including phenoxy) is 2. The molecular weight excluding hydrogens is 428 g/mol. The largest absolute Gasteiger partial charge is 0.492 e. The smallest absolute Gasteiger partial charge is 0.262 e. The van der Waals surface area contributed by atoms with Crippen LogP contribution in [0.2, 0.25) is 0 Å². The van der Waals surface area contributed by atoms with E-state index in [1.54, 1.807) is 30.3 Å². The lowest BCUT2D eigenvalue weighted by Gasteiger charge is -2.12. The second-order valence-electron chi connectivity index (χ2n) is 7.14. The summed E-state index contributed by atoms with van der Waals surface area (Å²) in [6.45, 7) is 6.00. The molecule has 0 aliphatic carbocycles. The van der Waals surface area contributed by atoms with E-state index < -0.39 is 10.0 Å². The van der Waals surface area contributed by atoms with Crippen molar-refractivity contribution in [3.63, 3.8) is 0 Å². The van der Waals surface area contributed by atoms with Gasteiger partial charge in [-0.3, -0.25) is 9.52 Å². The van der Waals surface area contributed by atoms with Crippen LogP contribution in [0.4, 0.5) is 11.4 Å². The van der Waals surface area contributed by atoms with Crippen molar-refractivity contribution in [3.8, 4) is 11.5 Å². The topological polar surface area (TPSA) is 93.7 Å². The van der Waals surface area contributed by atoms with Crippen molar-refractivity contribution in [2.24, 2.45) is 0 Å². The molecule has 3 rings (SSSR count). The second-order valence-corrected chi connectivity index (χ2v) is 8.82. The zero-order valence-electron chi connectivity index (χ0n) is 18.2. The molecule has 0 unspecified atom stereocenters. The van der Waals surface area contributed by atoms with Crippen molar-refractivity contribution in [1.29, 1.82) is 0 Å². The fourth-order valence-electron chi connectivity index (χ4n) is 2.92. The van der Waals surface area contributed by atoms with Gasteiger partial charge in [0.15, 0.2) is 6.61 Å². The normalized spacial score (nSPS) is 11.0. The van der Waals surface area contributed by atoms with E-state index in [1.807, 2.05) is 32.9 Å². The van der Waals surface area contributed by atoms with Gasteiger partial charge < -0.3 is 14.8 Å². The number of hydrogen-bond donors (Lipinski definition) is 2. The fraction of sp³-hybridized carbons (Fsp3) is 0.208. The van der Waals surface area contributed by atoms with Gasteiger partial charge in [0.05, 0.1) is 17.2 Å². The number of carbonyl (C=O) groups excluding carboxylic acids is 1. The first-order chi connectivity index (χ1) is 15.3. The highest BCUT2D eigenvalue weighted by Crippen LogP contribution is 2.24. The molecule has 32 heavy (non-hydrogen) atoms. The molecule has 7 nitrogen and oxygen atoms in total. The number of para-hydroxylation sites is 2. The predicted molar refractivity (Wildman–Crippen MR) is 125 cm³/mol. The summed E-state index contributed by atoms with van der Waals surface area (Å²) in [5.74, 6) is 0.600. The standard InChI is InChI=1S/C24H26N2O5S/c1-4-30-23-8-6-5-7-22(23)25-24(27)16-31-20-11-13-21(14-12-20)32(28,29)26-19-10-9-17(2)18(3)15-19/h5-15,26H,4,16H2,1-3H3,(H,25,27). The Morgan fingerprint density at radius 3 is 2.31 bits per heavy atom. The number of aryl methyl sites for hydroxylation is 2. The molecule has 0 fully saturated rings. The first-order valence-corrected chi connectivity index (χ1v) is 11.6. The van der Waals surface area contributed by atoms with Crippen molar-refractivity contribution < 1.29 is 22.7 Å². The van der Waals surface area contributed by atoms with Crippen LogP contribution >= 0.6 is 0 Å². The quantitative estimate of drug-likeness (QED) is 0.496. The van der Waals surface area contributed by atoms with Crippen LogP contribution in [-0.2, 0) is 14.8 Å². The predicted octanol–water partition coefficient (Wildman–Crippen LogP) is 4.52. The first kappa shape index (κ1) is 23.1. The minimum atomic E-state index is -3.74. The molecule has 3 aromatic carbocycles. The van der Waals surface area contributed by atoms with Gasteiger partial charge in [0.25, 0.3) is 15.9 Å². The Morgan fingerprint density at radius 2 is 1.62 bits per heavy atom. The summed E-state index contributed by atoms with van der Waals surface area (Å²) in [5, 5.41) is 2.74. The molecule has 0 radical (unpaired) electrons. The molecule has 3 aromatic rings. The molecule has 0 spiro atoms. The molecule has 2 N–H and O–H groups in total. The van der Waals surface area contributed by atoms with E-state index in [1.165, 1.54) is 24.3 Å². The van der Waals surface area contributed by atoms with Gasteiger partial charge in [-0.15, -0.1) is 0 Å². The summed E-state index contributed by atoms with van der Waals surface area (Å²) in [7, 11) is -3.74. The molecule has 0 atom stereocenters. The minimum Gasteiger partial charge on any atom is -0.492 e. The van der Waals surface area contributed by atoms with Crippen LogP contribution in [0.25, 0.3) is 0 Å². The van der Waals surface area contributed by atoms with Crippen LogP contribution in [0.1, 0.15) is 18.1 Å². The van der Waals surface area contributed by atoms with Crippen LogP contribution in [0.3, 0.4) is 0 Å². The summed E-state index contributed by atoms with van der Waals surface area (Å²) in [6, 6.07) is 18.4. The maximum atomic E-state index is 12.6. The third-order valence-corrected chi connectivity index (χ3v) is 6.12. The van der Waals surface area contributed by atoms with Crippen molar-refractivity contribution >= 4 is 27.3 Å². The summed E-state index contributed by atoms with van der Waals surface area (Å²) >= 11 is 0. The van der Waals surface area contributed by atoms with E-state index in [-0.39, 0.29) is 17.4 Å². The Bertz CT molecular complexity index is 1190. The summed E-state index contributed by atoms with van der Waals surface area (Å²) in [6.07, 6.45) is 0. The van der Waals surface area contributed by atoms with Gasteiger partial charge in [-0.05, 0) is 80.4 Å². The molecule has 0 saturated heterocycles. The molecule has 8 heteroatoms. The maximum absolute atomic E-state index is 12.6. The van der Waals surface area contributed by atoms with E-state index in [0.29, 0.717) is 29.5 Å². The first-order valence-electron chi connectivity index (χ1n) is 10.1. The molecular formula is C24H26N2O5S. The number of nitrogens with one attached hydrogen (secondary N) is 2. The summed E-state index contributed by atoms with van der Waals surface area (Å²) in [4.78, 5) is 12.3. The van der Waals surface area contributed by atoms with Crippen molar-refractivity contribution in [2.75, 3.05) is 23.3 Å². The Kier molecular flexibility index (Phi) is 7.37. The van der Waals surface area contributed by atoms with E-state index in [9.17, 15) is 13.2 Å². The van der Waals surface area contributed by atoms with E-state index in [2.05, 4.69) is 10.0 Å². The van der Waals surface area contributed by atoms with Crippen molar-refractivity contribution in [2.45, 2.75) is 25.7 Å². The van der Waals surface area contributed by atoms with Crippen LogP contribution in [0.5, 0.6) is 11.5 Å². The number of amides is 1. The van der Waals surface area contributed by atoms with E-state index in [0.717, 1.165) is 11.1 Å². The molecule has 0 heterocycles. The maximum Gasteiger partial charge on any atom is 0.262 e. The average Bonchev–Trinajstić information content (AvgIpc) is 2.76. The number of hydrogen-bond acceptors (Lipinski definition) is 5. The van der Waals surface area contributed by atoms with E-state index >= 15 is 0 Å². The monoisotopic (exact) mass is 454 g/mol. The van der Waals surface area contributed by atoms with Gasteiger partial charge in [0, 0.05) is 5.69 Å². The Morgan fingerprint density at radius 1 is 0.906 bits per heavy atom. The second kappa shape index (κ2) is 10.2. The summed E-state index contributed by atoms with van der Waals surface area (Å²) < 4.78 is 38.8. The summed E-state index contributed by atoms with van der Waals surface area (Å²) in [5.41, 5.74) is 3.13. The average molecular weight is 455 g/mol. The van der Waals surface area contributed by atoms with Gasteiger partial charge >= 0.3 is 0 Å². The zero-order valence-corrected chi connectivity index (χ0v) is 19.0. The van der Waals surface area contributed by atoms with Crippen LogP contribution < -0.4 is 19.5 Å². The van der Waals surface area contributed by atoms with Crippen molar-refractivity contribution in [3.05, 3.63) is 77.9 Å². The lowest BCUT2D eigenvalue weighted by atomic mass is 10.1. The molecule has 168 valence electrons. The lowest BCUT2D eigenvalue weighted by Crippen LogP contribution is -2.20. The number of carbonyl (C=O) groups is 1. The van der Waals surface area contributed by atoms with E-state index in [4.69, 9.17) is 9.47 Å². The number of anilines is 2. The van der Waals surface area contributed by atoms with Gasteiger partial charge in [0.2, 0.25) is 0 Å². The highest BCUT2D eigenvalue weighted by molar-refractivity contribution is 7.92. The molecule has 0 saturated carbocycles. The Balaban J connectivity index is 1.59. The fourth-order valence-corrected chi connectivity index (χ4v) is 3.97. The highest BCUT2D eigenvalue weighted by atomic mass is 32.2. The van der Waals surface area contributed by atoms with Gasteiger partial charge in [0.1, 0.15) is 11.5 Å². The SMILES string of the molecule is CCOc1ccccc1NC(=O)COc1ccc(S(=O)(=O)Nc2ccc(C)c(C)c2)cc1.